The summed E-state index contributed by atoms with van der Waals surface area (Å²) in [6.07, 6.45) is 0. The van der Waals surface area contributed by atoms with Gasteiger partial charge in [0, 0.05) is 22.1 Å². The van der Waals surface area contributed by atoms with Gasteiger partial charge in [0.15, 0.2) is 5.82 Å². The number of benzene rings is 8. The van der Waals surface area contributed by atoms with Crippen LogP contribution in [0.15, 0.2) is 194 Å². The number of hydrogen-bond donors (Lipinski definition) is 0. The zero-order valence-corrected chi connectivity index (χ0v) is 32.4. The Morgan fingerprint density at radius 3 is 1.45 bits per heavy atom. The molecule has 1 heterocycles. The van der Waals surface area contributed by atoms with Crippen molar-refractivity contribution in [3.8, 4) is 78.4 Å². The van der Waals surface area contributed by atoms with Crippen LogP contribution in [-0.4, -0.2) is 9.97 Å². The lowest BCUT2D eigenvalue weighted by atomic mass is 9.70. The molecule has 12 rings (SSSR count). The quantitative estimate of drug-likeness (QED) is 0.180. The van der Waals surface area contributed by atoms with E-state index in [1.54, 1.807) is 0 Å². The van der Waals surface area contributed by atoms with Gasteiger partial charge in [-0.1, -0.05) is 196 Å². The number of hydrogen-bond acceptors (Lipinski definition) is 2. The highest BCUT2D eigenvalue weighted by Gasteiger charge is 2.52. The van der Waals surface area contributed by atoms with E-state index in [4.69, 9.17) is 9.97 Å². The molecule has 0 amide bonds. The van der Waals surface area contributed by atoms with Gasteiger partial charge in [-0.15, -0.1) is 0 Å². The minimum atomic E-state index is -0.415. The molecule has 0 N–H and O–H groups in total. The molecule has 9 aromatic rings. The molecular weight excluding hydrogens is 701 g/mol. The molecule has 272 valence electrons. The molecule has 1 aromatic heterocycles. The third-order valence-electron chi connectivity index (χ3n) is 13.2. The molecule has 8 aromatic carbocycles. The van der Waals surface area contributed by atoms with Crippen LogP contribution in [0.2, 0.25) is 0 Å². The SMILES string of the molecule is CC1(C)c2ccccc2-c2ccc(-c3cc(-c4ccccc4)nc(-c4ccccc4-c4cccc5c4-c4ccccc4C54c5ccccc5-c5ccccc54)n3)cc21. The monoisotopic (exact) mass is 738 g/mol. The molecule has 3 aliphatic carbocycles. The maximum Gasteiger partial charge on any atom is 0.161 e. The summed E-state index contributed by atoms with van der Waals surface area (Å²) in [7, 11) is 0. The summed E-state index contributed by atoms with van der Waals surface area (Å²) in [5.41, 5.74) is 22.6. The molecule has 0 unspecified atom stereocenters. The molecule has 0 atom stereocenters. The summed E-state index contributed by atoms with van der Waals surface area (Å²) in [5, 5.41) is 0. The second kappa shape index (κ2) is 12.2. The van der Waals surface area contributed by atoms with Gasteiger partial charge in [0.25, 0.3) is 0 Å². The van der Waals surface area contributed by atoms with Crippen LogP contribution < -0.4 is 0 Å². The van der Waals surface area contributed by atoms with Crippen molar-refractivity contribution in [2.24, 2.45) is 0 Å². The fourth-order valence-corrected chi connectivity index (χ4v) is 10.6. The highest BCUT2D eigenvalue weighted by molar-refractivity contribution is 6.01. The van der Waals surface area contributed by atoms with Gasteiger partial charge in [-0.2, -0.15) is 0 Å². The Morgan fingerprint density at radius 2 is 0.776 bits per heavy atom. The van der Waals surface area contributed by atoms with Crippen molar-refractivity contribution in [1.82, 2.24) is 9.97 Å². The average Bonchev–Trinajstić information content (AvgIpc) is 3.85. The van der Waals surface area contributed by atoms with Gasteiger partial charge in [0.05, 0.1) is 16.8 Å². The van der Waals surface area contributed by atoms with Crippen molar-refractivity contribution in [1.29, 1.82) is 0 Å². The van der Waals surface area contributed by atoms with E-state index in [-0.39, 0.29) is 5.41 Å². The molecule has 0 radical (unpaired) electrons. The van der Waals surface area contributed by atoms with Crippen LogP contribution in [0.5, 0.6) is 0 Å². The molecule has 2 nitrogen and oxygen atoms in total. The molecule has 0 aliphatic heterocycles. The number of nitrogens with zero attached hydrogens (tertiary/aromatic N) is 2. The molecule has 1 spiro atoms. The van der Waals surface area contributed by atoms with E-state index >= 15 is 0 Å². The molecule has 2 heteroatoms. The number of rotatable bonds is 4. The Morgan fingerprint density at radius 1 is 0.310 bits per heavy atom. The van der Waals surface area contributed by atoms with Gasteiger partial charge in [-0.3, -0.25) is 0 Å². The summed E-state index contributed by atoms with van der Waals surface area (Å²) >= 11 is 0. The van der Waals surface area contributed by atoms with Gasteiger partial charge in [0.1, 0.15) is 0 Å². The topological polar surface area (TPSA) is 25.8 Å². The van der Waals surface area contributed by atoms with Crippen molar-refractivity contribution in [3.63, 3.8) is 0 Å². The Kier molecular flexibility index (Phi) is 6.93. The predicted molar refractivity (Wildman–Crippen MR) is 238 cm³/mol. The molecule has 3 aliphatic rings. The fourth-order valence-electron chi connectivity index (χ4n) is 10.6. The van der Waals surface area contributed by atoms with Gasteiger partial charge < -0.3 is 0 Å². The smallest absolute Gasteiger partial charge is 0.161 e. The van der Waals surface area contributed by atoms with E-state index < -0.39 is 5.41 Å². The first-order valence-corrected chi connectivity index (χ1v) is 20.3. The van der Waals surface area contributed by atoms with E-state index in [1.807, 2.05) is 0 Å². The van der Waals surface area contributed by atoms with Gasteiger partial charge >= 0.3 is 0 Å². The molecule has 0 fully saturated rings. The lowest BCUT2D eigenvalue weighted by molar-refractivity contribution is 0.660. The van der Waals surface area contributed by atoms with E-state index in [2.05, 4.69) is 208 Å². The third-order valence-corrected chi connectivity index (χ3v) is 13.2. The van der Waals surface area contributed by atoms with Crippen molar-refractivity contribution >= 4 is 0 Å². The first-order valence-electron chi connectivity index (χ1n) is 20.3. The standard InChI is InChI=1S/C56H38N2/c1-55(2)45-26-12-8-20-38(45)41-32-31-36(33-50(41)55)52-34-51(35-17-4-3-5-18-35)57-54(58-52)43-23-7-6-19-37(43)42-25-16-30-49-53(42)44-24-11-15-29-48(44)56(49)46-27-13-9-21-39(46)40-22-10-14-28-47(40)56/h3-34H,1-2H3. The van der Waals surface area contributed by atoms with Crippen LogP contribution in [0.3, 0.4) is 0 Å². The van der Waals surface area contributed by atoms with Crippen LogP contribution >= 0.6 is 0 Å². The summed E-state index contributed by atoms with van der Waals surface area (Å²) in [5.74, 6) is 0.713. The minimum absolute atomic E-state index is 0.117. The number of fused-ring (bicyclic) bond motifs is 13. The van der Waals surface area contributed by atoms with E-state index in [0.29, 0.717) is 5.82 Å². The van der Waals surface area contributed by atoms with E-state index in [9.17, 15) is 0 Å². The fraction of sp³-hybridized carbons (Fsp3) is 0.0714. The lowest BCUT2D eigenvalue weighted by Gasteiger charge is -2.30. The maximum atomic E-state index is 5.47. The van der Waals surface area contributed by atoms with Crippen LogP contribution in [0.4, 0.5) is 0 Å². The number of aromatic nitrogens is 2. The van der Waals surface area contributed by atoms with Crippen LogP contribution in [0.1, 0.15) is 47.2 Å². The van der Waals surface area contributed by atoms with Gasteiger partial charge in [-0.25, -0.2) is 9.97 Å². The summed E-state index contributed by atoms with van der Waals surface area (Å²) < 4.78 is 0. The largest absolute Gasteiger partial charge is 0.228 e. The third kappa shape index (κ3) is 4.43. The Hall–Kier alpha value is -7.16. The van der Waals surface area contributed by atoms with Gasteiger partial charge in [-0.05, 0) is 90.0 Å². The molecule has 0 saturated carbocycles. The molecule has 0 bridgehead atoms. The van der Waals surface area contributed by atoms with Gasteiger partial charge in [0.2, 0.25) is 0 Å². The first kappa shape index (κ1) is 33.0. The van der Waals surface area contributed by atoms with Crippen molar-refractivity contribution < 1.29 is 0 Å². The minimum Gasteiger partial charge on any atom is -0.228 e. The van der Waals surface area contributed by atoms with Crippen molar-refractivity contribution in [3.05, 3.63) is 228 Å². The van der Waals surface area contributed by atoms with Crippen LogP contribution in [-0.2, 0) is 10.8 Å². The average molecular weight is 739 g/mol. The van der Waals surface area contributed by atoms with E-state index in [1.165, 1.54) is 72.3 Å². The van der Waals surface area contributed by atoms with Crippen LogP contribution in [0, 0.1) is 0 Å². The Bertz CT molecular complexity index is 3110. The Balaban J connectivity index is 1.08. The first-order chi connectivity index (χ1) is 28.5. The zero-order valence-electron chi connectivity index (χ0n) is 32.4. The van der Waals surface area contributed by atoms with Crippen LogP contribution in [0.25, 0.3) is 78.4 Å². The highest BCUT2D eigenvalue weighted by atomic mass is 14.9. The maximum absolute atomic E-state index is 5.47. The second-order valence-electron chi connectivity index (χ2n) is 16.4. The van der Waals surface area contributed by atoms with E-state index in [0.717, 1.165) is 33.6 Å². The predicted octanol–water partition coefficient (Wildman–Crippen LogP) is 13.8. The molecule has 58 heavy (non-hydrogen) atoms. The molecule has 0 saturated heterocycles. The summed E-state index contributed by atoms with van der Waals surface area (Å²) in [4.78, 5) is 10.8. The zero-order chi connectivity index (χ0) is 38.6. The normalized spacial score (nSPS) is 14.3. The highest BCUT2D eigenvalue weighted by Crippen LogP contribution is 2.64. The molecular formula is C56H38N2. The lowest BCUT2D eigenvalue weighted by Crippen LogP contribution is -2.25. The Labute approximate surface area is 339 Å². The summed E-state index contributed by atoms with van der Waals surface area (Å²) in [6, 6.07) is 71.0. The second-order valence-corrected chi connectivity index (χ2v) is 16.4. The van der Waals surface area contributed by atoms with Crippen molar-refractivity contribution in [2.75, 3.05) is 0 Å². The van der Waals surface area contributed by atoms with Crippen molar-refractivity contribution in [2.45, 2.75) is 24.7 Å². The summed E-state index contributed by atoms with van der Waals surface area (Å²) in [6.45, 7) is 4.67.